The lowest BCUT2D eigenvalue weighted by Gasteiger charge is -1.94. The monoisotopic (exact) mass is 172 g/mol. The number of rotatable bonds is 4. The molecule has 0 unspecified atom stereocenters. The third kappa shape index (κ3) is 2.57. The standard InChI is InChI=1S/C7H12N2OS/c1-2-8-3-6-5-11-7(4-10)9-6/h5,8,10H,2-4H2,1H3. The summed E-state index contributed by atoms with van der Waals surface area (Å²) in [6, 6.07) is 0. The molecule has 1 rings (SSSR count). The van der Waals surface area contributed by atoms with Crippen molar-refractivity contribution in [3.63, 3.8) is 0 Å². The lowest BCUT2D eigenvalue weighted by Crippen LogP contribution is -2.11. The van der Waals surface area contributed by atoms with Gasteiger partial charge < -0.3 is 10.4 Å². The fraction of sp³-hybridized carbons (Fsp3) is 0.571. The Hall–Kier alpha value is -0.450. The van der Waals surface area contributed by atoms with E-state index >= 15 is 0 Å². The molecule has 62 valence electrons. The predicted molar refractivity (Wildman–Crippen MR) is 45.4 cm³/mol. The van der Waals surface area contributed by atoms with Crippen molar-refractivity contribution in [1.82, 2.24) is 10.3 Å². The van der Waals surface area contributed by atoms with Gasteiger partial charge in [0.1, 0.15) is 5.01 Å². The number of aromatic nitrogens is 1. The van der Waals surface area contributed by atoms with Gasteiger partial charge in [-0.15, -0.1) is 11.3 Å². The van der Waals surface area contributed by atoms with E-state index in [-0.39, 0.29) is 6.61 Å². The van der Waals surface area contributed by atoms with Gasteiger partial charge in [-0.3, -0.25) is 0 Å². The van der Waals surface area contributed by atoms with E-state index in [0.29, 0.717) is 0 Å². The third-order valence-corrected chi connectivity index (χ3v) is 2.17. The first-order chi connectivity index (χ1) is 5.36. The summed E-state index contributed by atoms with van der Waals surface area (Å²) in [5, 5.41) is 14.6. The van der Waals surface area contributed by atoms with Crippen LogP contribution in [0.4, 0.5) is 0 Å². The smallest absolute Gasteiger partial charge is 0.118 e. The molecule has 0 spiro atoms. The van der Waals surface area contributed by atoms with Gasteiger partial charge in [-0.2, -0.15) is 0 Å². The van der Waals surface area contributed by atoms with Gasteiger partial charge in [0, 0.05) is 11.9 Å². The molecule has 1 heterocycles. The Morgan fingerprint density at radius 3 is 3.09 bits per heavy atom. The van der Waals surface area contributed by atoms with E-state index in [9.17, 15) is 0 Å². The first-order valence-corrected chi connectivity index (χ1v) is 4.49. The minimum Gasteiger partial charge on any atom is -0.389 e. The molecule has 1 aromatic heterocycles. The van der Waals surface area contributed by atoms with Crippen LogP contribution < -0.4 is 5.32 Å². The fourth-order valence-electron chi connectivity index (χ4n) is 0.756. The molecule has 0 aliphatic heterocycles. The molecular formula is C7H12N2OS. The van der Waals surface area contributed by atoms with E-state index in [1.807, 2.05) is 5.38 Å². The number of aliphatic hydroxyl groups is 1. The molecule has 0 aromatic carbocycles. The molecule has 1 aromatic rings. The molecule has 0 bridgehead atoms. The van der Waals surface area contributed by atoms with E-state index in [4.69, 9.17) is 5.11 Å². The van der Waals surface area contributed by atoms with Crippen LogP contribution in [0.2, 0.25) is 0 Å². The summed E-state index contributed by atoms with van der Waals surface area (Å²) in [7, 11) is 0. The van der Waals surface area contributed by atoms with Crippen LogP contribution in [0.1, 0.15) is 17.6 Å². The SMILES string of the molecule is CCNCc1csc(CO)n1. The van der Waals surface area contributed by atoms with Gasteiger partial charge in [-0.25, -0.2) is 4.98 Å². The Labute approximate surface area is 70.1 Å². The molecule has 3 nitrogen and oxygen atoms in total. The van der Waals surface area contributed by atoms with Gasteiger partial charge in [0.05, 0.1) is 12.3 Å². The minimum absolute atomic E-state index is 0.0524. The highest BCUT2D eigenvalue weighted by Crippen LogP contribution is 2.08. The minimum atomic E-state index is 0.0524. The Morgan fingerprint density at radius 1 is 1.73 bits per heavy atom. The van der Waals surface area contributed by atoms with Crippen LogP contribution in [0, 0.1) is 0 Å². The first kappa shape index (κ1) is 8.64. The lowest BCUT2D eigenvalue weighted by molar-refractivity contribution is 0.281. The lowest BCUT2D eigenvalue weighted by atomic mass is 10.5. The number of hydrogen-bond donors (Lipinski definition) is 2. The van der Waals surface area contributed by atoms with Gasteiger partial charge in [0.25, 0.3) is 0 Å². The van der Waals surface area contributed by atoms with Crippen LogP contribution in [0.15, 0.2) is 5.38 Å². The molecule has 0 saturated carbocycles. The van der Waals surface area contributed by atoms with E-state index < -0.39 is 0 Å². The Kier molecular flexibility index (Phi) is 3.48. The fourth-order valence-corrected chi connectivity index (χ4v) is 1.41. The highest BCUT2D eigenvalue weighted by Gasteiger charge is 1.98. The van der Waals surface area contributed by atoms with Crippen LogP contribution >= 0.6 is 11.3 Å². The molecule has 0 amide bonds. The van der Waals surface area contributed by atoms with Gasteiger partial charge in [0.2, 0.25) is 0 Å². The number of hydrogen-bond acceptors (Lipinski definition) is 4. The molecule has 0 saturated heterocycles. The summed E-state index contributed by atoms with van der Waals surface area (Å²) in [5.74, 6) is 0. The van der Waals surface area contributed by atoms with Crippen molar-refractivity contribution in [1.29, 1.82) is 0 Å². The summed E-state index contributed by atoms with van der Waals surface area (Å²) < 4.78 is 0. The average molecular weight is 172 g/mol. The van der Waals surface area contributed by atoms with Gasteiger partial charge in [-0.05, 0) is 6.54 Å². The van der Waals surface area contributed by atoms with E-state index in [1.54, 1.807) is 0 Å². The van der Waals surface area contributed by atoms with Crippen LogP contribution in [0.25, 0.3) is 0 Å². The van der Waals surface area contributed by atoms with Crippen LogP contribution in [0.3, 0.4) is 0 Å². The molecule has 4 heteroatoms. The molecule has 0 aliphatic rings. The third-order valence-electron chi connectivity index (χ3n) is 1.29. The van der Waals surface area contributed by atoms with Crippen molar-refractivity contribution in [3.05, 3.63) is 16.1 Å². The summed E-state index contributed by atoms with van der Waals surface area (Å²) in [5.41, 5.74) is 1.01. The number of thiazole rings is 1. The molecule has 11 heavy (non-hydrogen) atoms. The van der Waals surface area contributed by atoms with Crippen LogP contribution in [-0.2, 0) is 13.2 Å². The summed E-state index contributed by atoms with van der Waals surface area (Å²) in [6.07, 6.45) is 0. The second kappa shape index (κ2) is 4.43. The van der Waals surface area contributed by atoms with Crippen molar-refractivity contribution in [2.45, 2.75) is 20.1 Å². The quantitative estimate of drug-likeness (QED) is 0.704. The number of aliphatic hydroxyl groups excluding tert-OH is 1. The molecule has 2 N–H and O–H groups in total. The van der Waals surface area contributed by atoms with Gasteiger partial charge in [-0.1, -0.05) is 6.92 Å². The Balaban J connectivity index is 2.44. The van der Waals surface area contributed by atoms with Crippen molar-refractivity contribution in [2.75, 3.05) is 6.54 Å². The van der Waals surface area contributed by atoms with Crippen molar-refractivity contribution < 1.29 is 5.11 Å². The zero-order valence-corrected chi connectivity index (χ0v) is 7.32. The highest BCUT2D eigenvalue weighted by molar-refractivity contribution is 7.09. The van der Waals surface area contributed by atoms with Gasteiger partial charge in [0.15, 0.2) is 0 Å². The second-order valence-electron chi connectivity index (χ2n) is 2.17. The largest absolute Gasteiger partial charge is 0.389 e. The average Bonchev–Trinajstić information content (AvgIpc) is 2.48. The van der Waals surface area contributed by atoms with Gasteiger partial charge >= 0.3 is 0 Å². The zero-order chi connectivity index (χ0) is 8.10. The topological polar surface area (TPSA) is 45.1 Å². The summed E-state index contributed by atoms with van der Waals surface area (Å²) >= 11 is 1.50. The van der Waals surface area contributed by atoms with Crippen molar-refractivity contribution in [3.8, 4) is 0 Å². The number of nitrogens with one attached hydrogen (secondary N) is 1. The maximum Gasteiger partial charge on any atom is 0.118 e. The Morgan fingerprint density at radius 2 is 2.55 bits per heavy atom. The second-order valence-corrected chi connectivity index (χ2v) is 3.11. The molecule has 0 aliphatic carbocycles. The first-order valence-electron chi connectivity index (χ1n) is 3.61. The number of nitrogens with zero attached hydrogens (tertiary/aromatic N) is 1. The molecular weight excluding hydrogens is 160 g/mol. The zero-order valence-electron chi connectivity index (χ0n) is 6.50. The molecule has 0 radical (unpaired) electrons. The predicted octanol–water partition coefficient (Wildman–Crippen LogP) is 0.745. The normalized spacial score (nSPS) is 10.4. The molecule has 0 fully saturated rings. The maximum atomic E-state index is 8.70. The summed E-state index contributed by atoms with van der Waals surface area (Å²) in [4.78, 5) is 4.17. The van der Waals surface area contributed by atoms with Crippen LogP contribution in [-0.4, -0.2) is 16.6 Å². The summed E-state index contributed by atoms with van der Waals surface area (Å²) in [6.45, 7) is 3.86. The maximum absolute atomic E-state index is 8.70. The van der Waals surface area contributed by atoms with E-state index in [0.717, 1.165) is 23.8 Å². The van der Waals surface area contributed by atoms with Crippen LogP contribution in [0.5, 0.6) is 0 Å². The van der Waals surface area contributed by atoms with Crippen molar-refractivity contribution in [2.24, 2.45) is 0 Å². The van der Waals surface area contributed by atoms with E-state index in [1.165, 1.54) is 11.3 Å². The Bertz CT molecular complexity index is 212. The van der Waals surface area contributed by atoms with Crippen molar-refractivity contribution >= 4 is 11.3 Å². The molecule has 0 atom stereocenters. The highest BCUT2D eigenvalue weighted by atomic mass is 32.1. The van der Waals surface area contributed by atoms with E-state index in [2.05, 4.69) is 17.2 Å².